The van der Waals surface area contributed by atoms with Gasteiger partial charge in [0, 0.05) is 6.07 Å². The van der Waals surface area contributed by atoms with Crippen molar-refractivity contribution >= 4 is 0 Å². The third-order valence-electron chi connectivity index (χ3n) is 3.27. The second-order valence-corrected chi connectivity index (χ2v) is 4.61. The molecule has 0 amide bonds. The lowest BCUT2D eigenvalue weighted by molar-refractivity contribution is 0.173. The van der Waals surface area contributed by atoms with Crippen molar-refractivity contribution in [2.24, 2.45) is 5.73 Å². The largest absolute Gasteiger partial charge is 0.489 e. The first-order valence-electron chi connectivity index (χ1n) is 6.66. The predicted octanol–water partition coefficient (Wildman–Crippen LogP) is 2.50. The van der Waals surface area contributed by atoms with Crippen molar-refractivity contribution in [2.45, 2.75) is 13.0 Å². The lowest BCUT2D eigenvalue weighted by Crippen LogP contribution is -2.06. The predicted molar refractivity (Wildman–Crippen MR) is 76.1 cm³/mol. The molecule has 0 bridgehead atoms. The normalized spacial score (nSPS) is 12.4. The number of benzene rings is 2. The summed E-state index contributed by atoms with van der Waals surface area (Å²) in [5.74, 6) is 2.27. The van der Waals surface area contributed by atoms with E-state index in [0.29, 0.717) is 13.2 Å². The van der Waals surface area contributed by atoms with Crippen LogP contribution in [-0.2, 0) is 13.0 Å². The molecule has 4 heteroatoms. The number of hydrogen-bond donors (Lipinski definition) is 1. The van der Waals surface area contributed by atoms with Gasteiger partial charge in [-0.25, -0.2) is 0 Å². The van der Waals surface area contributed by atoms with Crippen molar-refractivity contribution in [3.63, 3.8) is 0 Å². The Kier molecular flexibility index (Phi) is 3.74. The summed E-state index contributed by atoms with van der Waals surface area (Å²) < 4.78 is 16.4. The third kappa shape index (κ3) is 2.70. The lowest BCUT2D eigenvalue weighted by atomic mass is 10.1. The molecule has 2 N–H and O–H groups in total. The van der Waals surface area contributed by atoms with E-state index in [9.17, 15) is 0 Å². The Morgan fingerprint density at radius 1 is 1.00 bits per heavy atom. The Morgan fingerprint density at radius 3 is 2.65 bits per heavy atom. The smallest absolute Gasteiger partial charge is 0.231 e. The van der Waals surface area contributed by atoms with Gasteiger partial charge in [-0.2, -0.15) is 0 Å². The standard InChI is InChI=1S/C16H17NO3/c17-8-7-12-3-1-2-4-13(12)10-18-14-5-6-15-16(9-14)20-11-19-15/h1-6,9H,7-8,10-11,17H2. The average molecular weight is 271 g/mol. The van der Waals surface area contributed by atoms with E-state index in [1.165, 1.54) is 5.56 Å². The molecule has 0 aromatic heterocycles. The van der Waals surface area contributed by atoms with Crippen LogP contribution >= 0.6 is 0 Å². The van der Waals surface area contributed by atoms with E-state index in [2.05, 4.69) is 12.1 Å². The summed E-state index contributed by atoms with van der Waals surface area (Å²) in [6.45, 7) is 1.44. The van der Waals surface area contributed by atoms with Gasteiger partial charge in [0.1, 0.15) is 12.4 Å². The molecule has 0 unspecified atom stereocenters. The van der Waals surface area contributed by atoms with Crippen molar-refractivity contribution in [1.29, 1.82) is 0 Å². The van der Waals surface area contributed by atoms with Gasteiger partial charge in [-0.1, -0.05) is 24.3 Å². The molecule has 0 aliphatic carbocycles. The second-order valence-electron chi connectivity index (χ2n) is 4.61. The van der Waals surface area contributed by atoms with E-state index < -0.39 is 0 Å². The second kappa shape index (κ2) is 5.84. The molecule has 0 spiro atoms. The number of ether oxygens (including phenoxy) is 3. The van der Waals surface area contributed by atoms with E-state index in [1.807, 2.05) is 30.3 Å². The van der Waals surface area contributed by atoms with Gasteiger partial charge in [-0.05, 0) is 36.2 Å². The average Bonchev–Trinajstić information content (AvgIpc) is 2.94. The molecule has 0 atom stereocenters. The van der Waals surface area contributed by atoms with Crippen molar-refractivity contribution in [2.75, 3.05) is 13.3 Å². The fourth-order valence-electron chi connectivity index (χ4n) is 2.23. The number of hydrogen-bond acceptors (Lipinski definition) is 4. The van der Waals surface area contributed by atoms with Crippen LogP contribution in [-0.4, -0.2) is 13.3 Å². The van der Waals surface area contributed by atoms with Crippen LogP contribution in [0.2, 0.25) is 0 Å². The van der Waals surface area contributed by atoms with E-state index in [-0.39, 0.29) is 6.79 Å². The quantitative estimate of drug-likeness (QED) is 0.907. The molecule has 1 aliphatic heterocycles. The summed E-state index contributed by atoms with van der Waals surface area (Å²) in [7, 11) is 0. The molecule has 20 heavy (non-hydrogen) atoms. The maximum absolute atomic E-state index is 5.83. The third-order valence-corrected chi connectivity index (χ3v) is 3.27. The van der Waals surface area contributed by atoms with Gasteiger partial charge >= 0.3 is 0 Å². The molecule has 1 heterocycles. The van der Waals surface area contributed by atoms with Crippen molar-refractivity contribution in [1.82, 2.24) is 0 Å². The molecule has 0 saturated carbocycles. The maximum Gasteiger partial charge on any atom is 0.231 e. The van der Waals surface area contributed by atoms with Crippen molar-refractivity contribution < 1.29 is 14.2 Å². The van der Waals surface area contributed by atoms with E-state index in [0.717, 1.165) is 29.2 Å². The summed E-state index contributed by atoms with van der Waals surface area (Å²) in [5.41, 5.74) is 8.02. The van der Waals surface area contributed by atoms with Gasteiger partial charge in [0.05, 0.1) is 0 Å². The van der Waals surface area contributed by atoms with Crippen molar-refractivity contribution in [3.8, 4) is 17.2 Å². The van der Waals surface area contributed by atoms with E-state index in [4.69, 9.17) is 19.9 Å². The van der Waals surface area contributed by atoms with Crippen LogP contribution in [0.4, 0.5) is 0 Å². The van der Waals surface area contributed by atoms with Crippen LogP contribution in [0.25, 0.3) is 0 Å². The highest BCUT2D eigenvalue weighted by atomic mass is 16.7. The number of fused-ring (bicyclic) bond motifs is 1. The van der Waals surface area contributed by atoms with Gasteiger partial charge in [0.15, 0.2) is 11.5 Å². The zero-order valence-corrected chi connectivity index (χ0v) is 11.2. The minimum Gasteiger partial charge on any atom is -0.489 e. The van der Waals surface area contributed by atoms with Gasteiger partial charge in [0.2, 0.25) is 6.79 Å². The van der Waals surface area contributed by atoms with Crippen LogP contribution in [0.3, 0.4) is 0 Å². The highest BCUT2D eigenvalue weighted by Gasteiger charge is 2.13. The van der Waals surface area contributed by atoms with Crippen LogP contribution in [0.1, 0.15) is 11.1 Å². The molecule has 0 saturated heterocycles. The van der Waals surface area contributed by atoms with Gasteiger partial charge < -0.3 is 19.9 Å². The Bertz CT molecular complexity index is 598. The van der Waals surface area contributed by atoms with Crippen molar-refractivity contribution in [3.05, 3.63) is 53.6 Å². The molecule has 0 radical (unpaired) electrons. The van der Waals surface area contributed by atoms with Crippen LogP contribution in [0.15, 0.2) is 42.5 Å². The van der Waals surface area contributed by atoms with Crippen LogP contribution in [0.5, 0.6) is 17.2 Å². The number of nitrogens with two attached hydrogens (primary N) is 1. The Balaban J connectivity index is 1.70. The highest BCUT2D eigenvalue weighted by Crippen LogP contribution is 2.35. The SMILES string of the molecule is NCCc1ccccc1COc1ccc2c(c1)OCO2. The first-order valence-corrected chi connectivity index (χ1v) is 6.66. The molecule has 0 fully saturated rings. The summed E-state index contributed by atoms with van der Waals surface area (Å²) in [6.07, 6.45) is 0.862. The number of rotatable bonds is 5. The summed E-state index contributed by atoms with van der Waals surface area (Å²) in [6, 6.07) is 13.8. The van der Waals surface area contributed by atoms with Gasteiger partial charge in [-0.15, -0.1) is 0 Å². The molecular weight excluding hydrogens is 254 g/mol. The molecular formula is C16H17NO3. The highest BCUT2D eigenvalue weighted by molar-refractivity contribution is 5.47. The zero-order chi connectivity index (χ0) is 13.8. The van der Waals surface area contributed by atoms with Gasteiger partial charge in [-0.3, -0.25) is 0 Å². The molecule has 4 nitrogen and oxygen atoms in total. The van der Waals surface area contributed by atoms with Crippen LogP contribution in [0, 0.1) is 0 Å². The maximum atomic E-state index is 5.83. The summed E-state index contributed by atoms with van der Waals surface area (Å²) in [5, 5.41) is 0. The first-order chi connectivity index (χ1) is 9.86. The monoisotopic (exact) mass is 271 g/mol. The zero-order valence-electron chi connectivity index (χ0n) is 11.2. The fraction of sp³-hybridized carbons (Fsp3) is 0.250. The Hall–Kier alpha value is -2.20. The Labute approximate surface area is 118 Å². The Morgan fingerprint density at radius 2 is 1.80 bits per heavy atom. The van der Waals surface area contributed by atoms with Crippen LogP contribution < -0.4 is 19.9 Å². The minimum atomic E-state index is 0.276. The molecule has 2 aromatic rings. The first kappa shape index (κ1) is 12.8. The topological polar surface area (TPSA) is 53.7 Å². The lowest BCUT2D eigenvalue weighted by Gasteiger charge is -2.11. The summed E-state index contributed by atoms with van der Waals surface area (Å²) >= 11 is 0. The van der Waals surface area contributed by atoms with E-state index in [1.54, 1.807) is 0 Å². The summed E-state index contributed by atoms with van der Waals surface area (Å²) in [4.78, 5) is 0. The molecule has 3 rings (SSSR count). The van der Waals surface area contributed by atoms with E-state index >= 15 is 0 Å². The molecule has 104 valence electrons. The fourth-order valence-corrected chi connectivity index (χ4v) is 2.23. The minimum absolute atomic E-state index is 0.276. The van der Waals surface area contributed by atoms with Gasteiger partial charge in [0.25, 0.3) is 0 Å². The molecule has 2 aromatic carbocycles. The molecule has 1 aliphatic rings.